The zero-order valence-electron chi connectivity index (χ0n) is 9.85. The van der Waals surface area contributed by atoms with E-state index in [0.717, 1.165) is 10.5 Å². The maximum Gasteiger partial charge on any atom is 0.324 e. The number of urea groups is 1. The molecule has 3 N–H and O–H groups in total. The average molecular weight is 235 g/mol. The van der Waals surface area contributed by atoms with E-state index in [1.165, 1.54) is 6.92 Å². The molecule has 1 aromatic carbocycles. The number of nitrogens with two attached hydrogens (primary N) is 1. The van der Waals surface area contributed by atoms with Gasteiger partial charge in [0, 0.05) is 26.6 Å². The lowest BCUT2D eigenvalue weighted by Crippen LogP contribution is -2.44. The van der Waals surface area contributed by atoms with Crippen LogP contribution in [0.3, 0.4) is 0 Å². The molecule has 0 radical (unpaired) electrons. The third kappa shape index (κ3) is 4.24. The van der Waals surface area contributed by atoms with Crippen molar-refractivity contribution in [3.05, 3.63) is 35.9 Å². The van der Waals surface area contributed by atoms with Gasteiger partial charge in [-0.3, -0.25) is 9.69 Å². The number of nitrogens with zero attached hydrogens (tertiary/aromatic N) is 1. The van der Waals surface area contributed by atoms with E-state index in [1.54, 1.807) is 0 Å². The maximum absolute atomic E-state index is 11.7. The van der Waals surface area contributed by atoms with Gasteiger partial charge in [-0.15, -0.1) is 0 Å². The normalized spacial score (nSPS) is 9.76. The summed E-state index contributed by atoms with van der Waals surface area (Å²) in [6.45, 7) is 2.24. The number of hydrogen-bond donors (Lipinski definition) is 2. The van der Waals surface area contributed by atoms with E-state index >= 15 is 0 Å². The largest absolute Gasteiger partial charge is 0.334 e. The van der Waals surface area contributed by atoms with Crippen LogP contribution in [0.1, 0.15) is 12.5 Å². The van der Waals surface area contributed by atoms with Gasteiger partial charge in [-0.2, -0.15) is 0 Å². The SMILES string of the molecule is CC(=O)N(CCN)C(=O)NCc1ccccc1. The number of carbonyl (C=O) groups is 2. The molecule has 0 saturated heterocycles. The first kappa shape index (κ1) is 13.2. The van der Waals surface area contributed by atoms with Crippen LogP contribution < -0.4 is 11.1 Å². The van der Waals surface area contributed by atoms with Gasteiger partial charge in [-0.1, -0.05) is 30.3 Å². The number of amides is 3. The third-order valence-corrected chi connectivity index (χ3v) is 2.26. The Hall–Kier alpha value is -1.88. The van der Waals surface area contributed by atoms with Crippen molar-refractivity contribution in [3.63, 3.8) is 0 Å². The van der Waals surface area contributed by atoms with Gasteiger partial charge in [0.2, 0.25) is 5.91 Å². The summed E-state index contributed by atoms with van der Waals surface area (Å²) in [6, 6.07) is 9.09. The molecule has 5 heteroatoms. The fourth-order valence-corrected chi connectivity index (χ4v) is 1.40. The summed E-state index contributed by atoms with van der Waals surface area (Å²) >= 11 is 0. The summed E-state index contributed by atoms with van der Waals surface area (Å²) in [7, 11) is 0. The Morgan fingerprint density at radius 3 is 2.47 bits per heavy atom. The van der Waals surface area contributed by atoms with Crippen LogP contribution in [-0.4, -0.2) is 29.9 Å². The first-order chi connectivity index (χ1) is 8.15. The highest BCUT2D eigenvalue weighted by atomic mass is 16.2. The van der Waals surface area contributed by atoms with Crippen LogP contribution in [0.15, 0.2) is 30.3 Å². The first-order valence-electron chi connectivity index (χ1n) is 5.45. The van der Waals surface area contributed by atoms with Crippen LogP contribution in [-0.2, 0) is 11.3 Å². The lowest BCUT2D eigenvalue weighted by molar-refractivity contribution is -0.125. The summed E-state index contributed by atoms with van der Waals surface area (Å²) in [6.07, 6.45) is 0. The first-order valence-corrected chi connectivity index (χ1v) is 5.45. The molecule has 0 aliphatic heterocycles. The standard InChI is InChI=1S/C12H17N3O2/c1-10(16)15(8-7-13)12(17)14-9-11-5-3-2-4-6-11/h2-6H,7-9,13H2,1H3,(H,14,17). The van der Waals surface area contributed by atoms with Gasteiger partial charge in [0.05, 0.1) is 0 Å². The fourth-order valence-electron chi connectivity index (χ4n) is 1.40. The molecule has 5 nitrogen and oxygen atoms in total. The molecular formula is C12H17N3O2. The highest BCUT2D eigenvalue weighted by Crippen LogP contribution is 1.98. The second-order valence-corrected chi connectivity index (χ2v) is 3.60. The highest BCUT2D eigenvalue weighted by Gasteiger charge is 2.15. The molecular weight excluding hydrogens is 218 g/mol. The fraction of sp³-hybridized carbons (Fsp3) is 0.333. The smallest absolute Gasteiger partial charge is 0.324 e. The Kier molecular flexibility index (Phi) is 5.16. The number of imide groups is 1. The minimum atomic E-state index is -0.410. The van der Waals surface area contributed by atoms with E-state index in [1.807, 2.05) is 30.3 Å². The molecule has 0 aliphatic carbocycles. The molecule has 0 unspecified atom stereocenters. The molecule has 3 amide bonds. The molecule has 0 fully saturated rings. The Balaban J connectivity index is 2.50. The van der Waals surface area contributed by atoms with Gasteiger partial charge in [-0.25, -0.2) is 4.79 Å². The second kappa shape index (κ2) is 6.65. The van der Waals surface area contributed by atoms with Crippen molar-refractivity contribution in [2.75, 3.05) is 13.1 Å². The quantitative estimate of drug-likeness (QED) is 0.806. The Morgan fingerprint density at radius 2 is 1.94 bits per heavy atom. The minimum Gasteiger partial charge on any atom is -0.334 e. The minimum absolute atomic E-state index is 0.232. The van der Waals surface area contributed by atoms with Crippen molar-refractivity contribution in [1.82, 2.24) is 10.2 Å². The Bertz CT molecular complexity index is 379. The van der Waals surface area contributed by atoms with Crippen LogP contribution in [0.2, 0.25) is 0 Å². The summed E-state index contributed by atoms with van der Waals surface area (Å²) in [5.41, 5.74) is 6.32. The van der Waals surface area contributed by atoms with Crippen LogP contribution in [0.5, 0.6) is 0 Å². The van der Waals surface area contributed by atoms with Gasteiger partial charge in [0.25, 0.3) is 0 Å². The molecule has 1 aromatic rings. The van der Waals surface area contributed by atoms with E-state index in [0.29, 0.717) is 6.54 Å². The maximum atomic E-state index is 11.7. The van der Waals surface area contributed by atoms with E-state index < -0.39 is 6.03 Å². The van der Waals surface area contributed by atoms with E-state index in [4.69, 9.17) is 5.73 Å². The second-order valence-electron chi connectivity index (χ2n) is 3.60. The predicted molar refractivity (Wildman–Crippen MR) is 65.1 cm³/mol. The summed E-state index contributed by atoms with van der Waals surface area (Å²) in [5, 5.41) is 2.68. The zero-order chi connectivity index (χ0) is 12.7. The lowest BCUT2D eigenvalue weighted by atomic mass is 10.2. The van der Waals surface area contributed by atoms with E-state index in [2.05, 4.69) is 5.32 Å². The van der Waals surface area contributed by atoms with Gasteiger partial charge in [0.15, 0.2) is 0 Å². The number of carbonyl (C=O) groups excluding carboxylic acids is 2. The van der Waals surface area contributed by atoms with Crippen molar-refractivity contribution in [3.8, 4) is 0 Å². The number of rotatable bonds is 4. The molecule has 0 spiro atoms. The molecule has 0 aliphatic rings. The number of hydrogen-bond acceptors (Lipinski definition) is 3. The lowest BCUT2D eigenvalue weighted by Gasteiger charge is -2.18. The highest BCUT2D eigenvalue weighted by molar-refractivity contribution is 5.93. The summed E-state index contributed by atoms with van der Waals surface area (Å²) in [5.74, 6) is -0.305. The molecule has 17 heavy (non-hydrogen) atoms. The number of nitrogens with one attached hydrogen (secondary N) is 1. The Labute approximate surface area is 101 Å². The summed E-state index contributed by atoms with van der Waals surface area (Å²) in [4.78, 5) is 24.0. The Morgan fingerprint density at radius 1 is 1.29 bits per heavy atom. The molecule has 0 bridgehead atoms. The van der Waals surface area contributed by atoms with Crippen LogP contribution in [0.25, 0.3) is 0 Å². The van der Waals surface area contributed by atoms with E-state index in [-0.39, 0.29) is 19.0 Å². The third-order valence-electron chi connectivity index (χ3n) is 2.26. The van der Waals surface area contributed by atoms with Gasteiger partial charge < -0.3 is 11.1 Å². The molecule has 92 valence electrons. The van der Waals surface area contributed by atoms with Crippen molar-refractivity contribution in [2.24, 2.45) is 5.73 Å². The zero-order valence-corrected chi connectivity index (χ0v) is 9.85. The predicted octanol–water partition coefficient (Wildman–Crippen LogP) is 0.703. The van der Waals surface area contributed by atoms with Crippen molar-refractivity contribution in [2.45, 2.75) is 13.5 Å². The molecule has 1 rings (SSSR count). The molecule has 0 aromatic heterocycles. The summed E-state index contributed by atoms with van der Waals surface area (Å²) < 4.78 is 0. The van der Waals surface area contributed by atoms with Crippen molar-refractivity contribution < 1.29 is 9.59 Å². The van der Waals surface area contributed by atoms with Gasteiger partial charge in [-0.05, 0) is 5.56 Å². The topological polar surface area (TPSA) is 75.4 Å². The van der Waals surface area contributed by atoms with Crippen LogP contribution in [0, 0.1) is 0 Å². The average Bonchev–Trinajstić information content (AvgIpc) is 2.34. The number of benzene rings is 1. The van der Waals surface area contributed by atoms with Crippen molar-refractivity contribution in [1.29, 1.82) is 0 Å². The van der Waals surface area contributed by atoms with E-state index in [9.17, 15) is 9.59 Å². The van der Waals surface area contributed by atoms with Crippen LogP contribution in [0.4, 0.5) is 4.79 Å². The van der Waals surface area contributed by atoms with Gasteiger partial charge in [0.1, 0.15) is 0 Å². The van der Waals surface area contributed by atoms with Crippen molar-refractivity contribution >= 4 is 11.9 Å². The molecule has 0 saturated carbocycles. The molecule has 0 heterocycles. The monoisotopic (exact) mass is 235 g/mol. The van der Waals surface area contributed by atoms with Gasteiger partial charge >= 0.3 is 6.03 Å². The van der Waals surface area contributed by atoms with Crippen LogP contribution >= 0.6 is 0 Å². The molecule has 0 atom stereocenters.